The van der Waals surface area contributed by atoms with Crippen molar-refractivity contribution in [3.05, 3.63) is 68.6 Å². The average molecular weight is 577 g/mol. The summed E-state index contributed by atoms with van der Waals surface area (Å²) in [6.45, 7) is 4.61. The van der Waals surface area contributed by atoms with E-state index in [1.807, 2.05) is 26.0 Å². The van der Waals surface area contributed by atoms with Crippen LogP contribution in [0.5, 0.6) is 11.5 Å². The predicted octanol–water partition coefficient (Wildman–Crippen LogP) is 4.77. The van der Waals surface area contributed by atoms with Gasteiger partial charge in [0, 0.05) is 23.5 Å². The van der Waals surface area contributed by atoms with E-state index in [2.05, 4.69) is 15.6 Å². The number of benzene rings is 2. The van der Waals surface area contributed by atoms with Crippen molar-refractivity contribution in [3.8, 4) is 11.5 Å². The normalized spacial score (nSPS) is 11.9. The van der Waals surface area contributed by atoms with Crippen molar-refractivity contribution in [1.82, 2.24) is 15.2 Å². The van der Waals surface area contributed by atoms with E-state index < -0.39 is 5.91 Å². The summed E-state index contributed by atoms with van der Waals surface area (Å²) in [5.41, 5.74) is 1.68. The molecule has 38 heavy (non-hydrogen) atoms. The van der Waals surface area contributed by atoms with Gasteiger partial charge in [0.15, 0.2) is 16.6 Å². The first-order valence-electron chi connectivity index (χ1n) is 11.8. The third-order valence-electron chi connectivity index (χ3n) is 5.44. The number of amides is 3. The number of rotatable bonds is 10. The highest BCUT2D eigenvalue weighted by atomic mass is 35.5. The van der Waals surface area contributed by atoms with E-state index in [0.717, 1.165) is 5.56 Å². The van der Waals surface area contributed by atoms with Crippen LogP contribution in [0, 0.1) is 5.92 Å². The van der Waals surface area contributed by atoms with Crippen LogP contribution in [0.2, 0.25) is 10.0 Å². The summed E-state index contributed by atoms with van der Waals surface area (Å²) >= 11 is 13.4. The molecule has 4 rings (SSSR count). The summed E-state index contributed by atoms with van der Waals surface area (Å²) in [6.07, 6.45) is 0.0595. The first kappa shape index (κ1) is 27.7. The first-order valence-corrected chi connectivity index (χ1v) is 13.5. The van der Waals surface area contributed by atoms with Gasteiger partial charge in [-0.25, -0.2) is 4.98 Å². The monoisotopic (exact) mass is 576 g/mol. The largest absolute Gasteiger partial charge is 0.454 e. The summed E-state index contributed by atoms with van der Waals surface area (Å²) in [6, 6.07) is 10.1. The number of nitrogens with zero attached hydrogens (tertiary/aromatic N) is 2. The molecule has 0 radical (unpaired) electrons. The Labute approximate surface area is 234 Å². The highest BCUT2D eigenvalue weighted by Crippen LogP contribution is 2.32. The fourth-order valence-corrected chi connectivity index (χ4v) is 4.97. The zero-order valence-corrected chi connectivity index (χ0v) is 23.1. The van der Waals surface area contributed by atoms with Crippen molar-refractivity contribution in [1.29, 1.82) is 0 Å². The van der Waals surface area contributed by atoms with Crippen LogP contribution in [-0.4, -0.2) is 47.5 Å². The molecule has 0 saturated carbocycles. The van der Waals surface area contributed by atoms with E-state index >= 15 is 0 Å². The maximum atomic E-state index is 13.1. The van der Waals surface area contributed by atoms with E-state index in [1.165, 1.54) is 22.3 Å². The van der Waals surface area contributed by atoms with Crippen LogP contribution < -0.4 is 20.1 Å². The Hall–Kier alpha value is -3.34. The van der Waals surface area contributed by atoms with Crippen LogP contribution in [0.3, 0.4) is 0 Å². The number of carbonyl (C=O) groups is 3. The number of aromatic nitrogens is 1. The number of hydrogen-bond acceptors (Lipinski definition) is 7. The molecule has 1 aliphatic rings. The zero-order valence-electron chi connectivity index (χ0n) is 20.8. The van der Waals surface area contributed by atoms with Crippen molar-refractivity contribution < 1.29 is 23.9 Å². The molecule has 3 amide bonds. The number of thiazole rings is 1. The van der Waals surface area contributed by atoms with Crippen molar-refractivity contribution in [2.75, 3.05) is 25.2 Å². The van der Waals surface area contributed by atoms with Gasteiger partial charge in [-0.1, -0.05) is 43.1 Å². The minimum Gasteiger partial charge on any atom is -0.454 e. The number of hydrogen-bond donors (Lipinski definition) is 2. The summed E-state index contributed by atoms with van der Waals surface area (Å²) < 4.78 is 10.6. The second-order valence-corrected chi connectivity index (χ2v) is 10.7. The minimum atomic E-state index is -0.405. The predicted molar refractivity (Wildman–Crippen MR) is 146 cm³/mol. The number of ether oxygens (including phenoxy) is 2. The third-order valence-corrected chi connectivity index (χ3v) is 6.79. The quantitative estimate of drug-likeness (QED) is 0.359. The lowest BCUT2D eigenvalue weighted by molar-refractivity contribution is -0.120. The van der Waals surface area contributed by atoms with Gasteiger partial charge >= 0.3 is 0 Å². The molecule has 0 unspecified atom stereocenters. The molecule has 1 aliphatic heterocycles. The topological polar surface area (TPSA) is 110 Å². The molecular formula is C26H26Cl2N4O5S. The molecule has 0 bridgehead atoms. The van der Waals surface area contributed by atoms with Gasteiger partial charge in [0.25, 0.3) is 5.91 Å². The molecule has 12 heteroatoms. The zero-order chi connectivity index (χ0) is 27.2. The molecular weight excluding hydrogens is 551 g/mol. The lowest BCUT2D eigenvalue weighted by Crippen LogP contribution is -2.40. The van der Waals surface area contributed by atoms with E-state index in [0.29, 0.717) is 40.4 Å². The second kappa shape index (κ2) is 12.5. The van der Waals surface area contributed by atoms with Crippen LogP contribution in [0.15, 0.2) is 41.8 Å². The summed E-state index contributed by atoms with van der Waals surface area (Å²) in [5.74, 6) is 0.482. The van der Waals surface area contributed by atoms with E-state index in [4.69, 9.17) is 32.7 Å². The molecule has 0 spiro atoms. The lowest BCUT2D eigenvalue weighted by Gasteiger charge is -2.24. The van der Waals surface area contributed by atoms with Crippen molar-refractivity contribution in [2.45, 2.75) is 26.8 Å². The molecule has 0 fully saturated rings. The Bertz CT molecular complexity index is 1350. The number of anilines is 1. The van der Waals surface area contributed by atoms with E-state index in [-0.39, 0.29) is 48.1 Å². The van der Waals surface area contributed by atoms with Gasteiger partial charge in [-0.3, -0.25) is 14.4 Å². The fraction of sp³-hybridized carbons (Fsp3) is 0.308. The van der Waals surface area contributed by atoms with E-state index in [9.17, 15) is 14.4 Å². The van der Waals surface area contributed by atoms with Crippen LogP contribution in [-0.2, 0) is 22.6 Å². The van der Waals surface area contributed by atoms with Crippen molar-refractivity contribution in [2.24, 2.45) is 5.92 Å². The summed E-state index contributed by atoms with van der Waals surface area (Å²) in [4.78, 5) is 44.0. The van der Waals surface area contributed by atoms with Gasteiger partial charge in [-0.2, -0.15) is 0 Å². The highest BCUT2D eigenvalue weighted by molar-refractivity contribution is 7.13. The van der Waals surface area contributed by atoms with Crippen LogP contribution in [0.25, 0.3) is 0 Å². The SMILES string of the molecule is CC(C)CN(CC(=O)Nc1nc(CC(=O)NCc2ccc3c(c2)OCO3)cs1)C(=O)c1ccc(Cl)cc1Cl. The molecule has 0 aliphatic carbocycles. The Morgan fingerprint density at radius 3 is 2.63 bits per heavy atom. The van der Waals surface area contributed by atoms with Gasteiger partial charge in [-0.15, -0.1) is 11.3 Å². The van der Waals surface area contributed by atoms with Gasteiger partial charge in [0.1, 0.15) is 6.54 Å². The van der Waals surface area contributed by atoms with Gasteiger partial charge in [-0.05, 0) is 41.8 Å². The number of nitrogens with one attached hydrogen (secondary N) is 2. The molecule has 3 aromatic rings. The van der Waals surface area contributed by atoms with Gasteiger partial charge < -0.3 is 25.0 Å². The molecule has 2 aromatic carbocycles. The standard InChI is InChI=1S/C26H26Cl2N4O5S/c1-15(2)11-32(25(35)19-5-4-17(27)8-20(19)28)12-24(34)31-26-30-18(13-38-26)9-23(33)29-10-16-3-6-21-22(7-16)37-14-36-21/h3-8,13,15H,9-12,14H2,1-2H3,(H,29,33)(H,30,31,34). The number of fused-ring (bicyclic) bond motifs is 1. The second-order valence-electron chi connectivity index (χ2n) is 9.04. The molecule has 0 atom stereocenters. The summed E-state index contributed by atoms with van der Waals surface area (Å²) in [5, 5.41) is 8.25. The number of carbonyl (C=O) groups excluding carboxylic acids is 3. The van der Waals surface area contributed by atoms with Crippen LogP contribution >= 0.6 is 34.5 Å². The van der Waals surface area contributed by atoms with Crippen LogP contribution in [0.4, 0.5) is 5.13 Å². The smallest absolute Gasteiger partial charge is 0.255 e. The molecule has 200 valence electrons. The molecule has 2 N–H and O–H groups in total. The Morgan fingerprint density at radius 2 is 1.87 bits per heavy atom. The van der Waals surface area contributed by atoms with Gasteiger partial charge in [0.2, 0.25) is 18.6 Å². The average Bonchev–Trinajstić information content (AvgIpc) is 3.50. The maximum absolute atomic E-state index is 13.1. The first-order chi connectivity index (χ1) is 18.2. The Morgan fingerprint density at radius 1 is 1.08 bits per heavy atom. The minimum absolute atomic E-state index is 0.0595. The lowest BCUT2D eigenvalue weighted by atomic mass is 10.1. The molecule has 2 heterocycles. The van der Waals surface area contributed by atoms with Crippen molar-refractivity contribution >= 4 is 57.4 Å². The summed E-state index contributed by atoms with van der Waals surface area (Å²) in [7, 11) is 0. The highest BCUT2D eigenvalue weighted by Gasteiger charge is 2.23. The fourth-order valence-electron chi connectivity index (χ4n) is 3.75. The van der Waals surface area contributed by atoms with Crippen LogP contribution in [0.1, 0.15) is 35.5 Å². The maximum Gasteiger partial charge on any atom is 0.255 e. The molecule has 9 nitrogen and oxygen atoms in total. The molecule has 1 aromatic heterocycles. The molecule has 0 saturated heterocycles. The van der Waals surface area contributed by atoms with E-state index in [1.54, 1.807) is 23.6 Å². The Balaban J connectivity index is 1.30. The third kappa shape index (κ3) is 7.37. The van der Waals surface area contributed by atoms with Crippen molar-refractivity contribution in [3.63, 3.8) is 0 Å². The Kier molecular flexibility index (Phi) is 9.09. The number of halogens is 2. The van der Waals surface area contributed by atoms with Gasteiger partial charge in [0.05, 0.1) is 22.7 Å².